The third-order valence-corrected chi connectivity index (χ3v) is 2.18. The number of rotatable bonds is 8. The number of carbonyl (C=O) groups excluding carboxylic acids is 1. The maximum atomic E-state index is 12.0. The maximum absolute atomic E-state index is 12.0. The molecule has 0 bridgehead atoms. The number of aliphatic carboxylic acids is 2. The van der Waals surface area contributed by atoms with Crippen LogP contribution in [0.2, 0.25) is 0 Å². The third-order valence-electron chi connectivity index (χ3n) is 2.18. The molecule has 104 valence electrons. The van der Waals surface area contributed by atoms with Gasteiger partial charge in [0, 0.05) is 13.1 Å². The van der Waals surface area contributed by atoms with Crippen LogP contribution in [-0.2, 0) is 9.59 Å². The second-order valence-electron chi connectivity index (χ2n) is 3.91. The molecule has 0 aromatic carbocycles. The van der Waals surface area contributed by atoms with E-state index in [0.717, 1.165) is 17.7 Å². The molecule has 0 saturated carbocycles. The van der Waals surface area contributed by atoms with Gasteiger partial charge in [0.05, 0.1) is 0 Å². The minimum Gasteiger partial charge on any atom is -0.480 e. The zero-order valence-electron chi connectivity index (χ0n) is 10.8. The van der Waals surface area contributed by atoms with Gasteiger partial charge in [0.1, 0.15) is 13.1 Å². The van der Waals surface area contributed by atoms with Crippen molar-refractivity contribution in [2.75, 3.05) is 26.2 Å². The van der Waals surface area contributed by atoms with E-state index >= 15 is 0 Å². The van der Waals surface area contributed by atoms with Crippen LogP contribution in [0.3, 0.4) is 0 Å². The fraction of sp³-hybridized carbons (Fsp3) is 0.727. The normalized spacial score (nSPS) is 9.89. The van der Waals surface area contributed by atoms with Gasteiger partial charge in [-0.05, 0) is 12.8 Å². The number of carboxylic acids is 2. The molecule has 0 spiro atoms. The molecule has 0 aliphatic rings. The third kappa shape index (κ3) is 6.07. The molecular weight excluding hydrogens is 240 g/mol. The van der Waals surface area contributed by atoms with Crippen molar-refractivity contribution in [2.24, 2.45) is 0 Å². The first-order valence-electron chi connectivity index (χ1n) is 5.89. The molecule has 0 radical (unpaired) electrons. The summed E-state index contributed by atoms with van der Waals surface area (Å²) in [6.45, 7) is 3.57. The van der Waals surface area contributed by atoms with Crippen LogP contribution in [0.1, 0.15) is 26.7 Å². The van der Waals surface area contributed by atoms with Gasteiger partial charge in [0.15, 0.2) is 0 Å². The summed E-state index contributed by atoms with van der Waals surface area (Å²) in [6, 6.07) is -0.538. The van der Waals surface area contributed by atoms with Gasteiger partial charge in [0.2, 0.25) is 0 Å². The maximum Gasteiger partial charge on any atom is 0.323 e. The van der Waals surface area contributed by atoms with Gasteiger partial charge in [-0.3, -0.25) is 9.59 Å². The molecule has 0 saturated heterocycles. The lowest BCUT2D eigenvalue weighted by Crippen LogP contribution is -2.47. The second kappa shape index (κ2) is 8.32. The lowest BCUT2D eigenvalue weighted by atomic mass is 10.3. The van der Waals surface area contributed by atoms with Crippen LogP contribution in [-0.4, -0.2) is 64.2 Å². The zero-order chi connectivity index (χ0) is 14.1. The van der Waals surface area contributed by atoms with Gasteiger partial charge >= 0.3 is 18.0 Å². The Morgan fingerprint density at radius 2 is 1.22 bits per heavy atom. The predicted octanol–water partition coefficient (Wildman–Crippen LogP) is 0.700. The SMILES string of the molecule is CCCN(CCC)C(=O)N(CC(=O)O)CC(=O)O. The second-order valence-corrected chi connectivity index (χ2v) is 3.91. The topological polar surface area (TPSA) is 98.2 Å². The molecule has 0 fully saturated rings. The highest BCUT2D eigenvalue weighted by Gasteiger charge is 2.23. The van der Waals surface area contributed by atoms with E-state index in [4.69, 9.17) is 10.2 Å². The van der Waals surface area contributed by atoms with Crippen LogP contribution in [0.5, 0.6) is 0 Å². The highest BCUT2D eigenvalue weighted by Crippen LogP contribution is 2.02. The van der Waals surface area contributed by atoms with Crippen molar-refractivity contribution in [3.8, 4) is 0 Å². The summed E-state index contributed by atoms with van der Waals surface area (Å²) in [5, 5.41) is 17.4. The highest BCUT2D eigenvalue weighted by molar-refractivity contribution is 5.84. The molecular formula is C11H20N2O5. The number of urea groups is 1. The Kier molecular flexibility index (Phi) is 7.50. The first-order valence-corrected chi connectivity index (χ1v) is 5.89. The van der Waals surface area contributed by atoms with E-state index in [2.05, 4.69) is 0 Å². The smallest absolute Gasteiger partial charge is 0.323 e. The van der Waals surface area contributed by atoms with Gasteiger partial charge in [-0.25, -0.2) is 4.79 Å². The van der Waals surface area contributed by atoms with Crippen LogP contribution in [0.15, 0.2) is 0 Å². The highest BCUT2D eigenvalue weighted by atomic mass is 16.4. The van der Waals surface area contributed by atoms with Crippen molar-refractivity contribution in [3.05, 3.63) is 0 Å². The van der Waals surface area contributed by atoms with Gasteiger partial charge < -0.3 is 20.0 Å². The minimum atomic E-state index is -1.22. The van der Waals surface area contributed by atoms with Gasteiger partial charge in [-0.2, -0.15) is 0 Å². The van der Waals surface area contributed by atoms with Crippen molar-refractivity contribution < 1.29 is 24.6 Å². The Morgan fingerprint density at radius 1 is 0.833 bits per heavy atom. The van der Waals surface area contributed by atoms with Crippen LogP contribution in [0.4, 0.5) is 4.79 Å². The van der Waals surface area contributed by atoms with Crippen molar-refractivity contribution in [3.63, 3.8) is 0 Å². The average molecular weight is 260 g/mol. The standard InChI is InChI=1S/C11H20N2O5/c1-3-5-12(6-4-2)11(18)13(7-9(14)15)8-10(16)17/h3-8H2,1-2H3,(H,14,15)(H,16,17). The number of nitrogens with zero attached hydrogens (tertiary/aromatic N) is 2. The number of carbonyl (C=O) groups is 3. The van der Waals surface area contributed by atoms with E-state index in [0.29, 0.717) is 13.1 Å². The molecule has 0 aromatic rings. The first-order chi connectivity index (χ1) is 8.42. The van der Waals surface area contributed by atoms with Crippen molar-refractivity contribution in [1.29, 1.82) is 0 Å². The minimum absolute atomic E-state index is 0.489. The van der Waals surface area contributed by atoms with Crippen molar-refractivity contribution in [1.82, 2.24) is 9.80 Å². The fourth-order valence-electron chi connectivity index (χ4n) is 1.56. The Morgan fingerprint density at radius 3 is 1.50 bits per heavy atom. The molecule has 0 rings (SSSR count). The molecule has 0 aliphatic heterocycles. The van der Waals surface area contributed by atoms with Crippen LogP contribution in [0, 0.1) is 0 Å². The summed E-state index contributed by atoms with van der Waals surface area (Å²) in [5.41, 5.74) is 0. The first kappa shape index (κ1) is 16.2. The summed E-state index contributed by atoms with van der Waals surface area (Å²) in [6.07, 6.45) is 1.47. The van der Waals surface area contributed by atoms with Crippen molar-refractivity contribution >= 4 is 18.0 Å². The van der Waals surface area contributed by atoms with Crippen LogP contribution in [0.25, 0.3) is 0 Å². The summed E-state index contributed by atoms with van der Waals surface area (Å²) < 4.78 is 0. The van der Waals surface area contributed by atoms with E-state index in [9.17, 15) is 14.4 Å². The van der Waals surface area contributed by atoms with Crippen molar-refractivity contribution in [2.45, 2.75) is 26.7 Å². The fourth-order valence-corrected chi connectivity index (χ4v) is 1.56. The molecule has 0 aliphatic carbocycles. The molecule has 7 nitrogen and oxygen atoms in total. The van der Waals surface area contributed by atoms with Gasteiger partial charge in [0.25, 0.3) is 0 Å². The van der Waals surface area contributed by atoms with E-state index < -0.39 is 31.1 Å². The van der Waals surface area contributed by atoms with Crippen LogP contribution < -0.4 is 0 Å². The molecule has 0 atom stereocenters. The molecule has 0 aromatic heterocycles. The van der Waals surface area contributed by atoms with E-state index in [-0.39, 0.29) is 0 Å². The Balaban J connectivity index is 4.76. The van der Waals surface area contributed by atoms with Gasteiger partial charge in [-0.15, -0.1) is 0 Å². The van der Waals surface area contributed by atoms with E-state index in [1.807, 2.05) is 13.8 Å². The Bertz CT molecular complexity index is 284. The largest absolute Gasteiger partial charge is 0.480 e. The predicted molar refractivity (Wildman–Crippen MR) is 64.4 cm³/mol. The monoisotopic (exact) mass is 260 g/mol. The number of amides is 2. The summed E-state index contributed by atoms with van der Waals surface area (Å²) in [7, 11) is 0. The number of hydrogen-bond acceptors (Lipinski definition) is 3. The average Bonchev–Trinajstić information content (AvgIpc) is 2.25. The van der Waals surface area contributed by atoms with Crippen LogP contribution >= 0.6 is 0 Å². The van der Waals surface area contributed by atoms with Gasteiger partial charge in [-0.1, -0.05) is 13.8 Å². The van der Waals surface area contributed by atoms with E-state index in [1.165, 1.54) is 4.90 Å². The molecule has 18 heavy (non-hydrogen) atoms. The zero-order valence-corrected chi connectivity index (χ0v) is 10.8. The molecule has 2 N–H and O–H groups in total. The number of hydrogen-bond donors (Lipinski definition) is 2. The molecule has 2 amide bonds. The lowest BCUT2D eigenvalue weighted by molar-refractivity contribution is -0.140. The van der Waals surface area contributed by atoms with E-state index in [1.54, 1.807) is 0 Å². The Hall–Kier alpha value is -1.79. The Labute approximate surface area is 106 Å². The quantitative estimate of drug-likeness (QED) is 0.669. The molecule has 0 unspecified atom stereocenters. The lowest BCUT2D eigenvalue weighted by Gasteiger charge is -2.28. The summed E-state index contributed by atoms with van der Waals surface area (Å²) in [5.74, 6) is -2.45. The number of carboxylic acid groups (broad SMARTS) is 2. The molecule has 7 heteroatoms. The summed E-state index contributed by atoms with van der Waals surface area (Å²) >= 11 is 0. The molecule has 0 heterocycles. The summed E-state index contributed by atoms with van der Waals surface area (Å²) in [4.78, 5) is 35.6.